The summed E-state index contributed by atoms with van der Waals surface area (Å²) in [5, 5.41) is 7.16. The first-order valence-electron chi connectivity index (χ1n) is 6.24. The van der Waals surface area contributed by atoms with Gasteiger partial charge in [0.25, 0.3) is 0 Å². The largest absolute Gasteiger partial charge is 0.356 e. The molecule has 0 amide bonds. The third kappa shape index (κ3) is 1.83. The SMILES string of the molecule is C1CC(NC2CCNC3=NCCCN32)C1. The van der Waals surface area contributed by atoms with Gasteiger partial charge in [0.05, 0.1) is 6.17 Å². The standard InChI is InChI=1S/C11H20N4/c1-3-9(4-1)14-10-5-7-13-11-12-6-2-8-15(10)11/h9-10,14H,1-8H2,(H,12,13). The predicted molar refractivity (Wildman–Crippen MR) is 60.8 cm³/mol. The summed E-state index contributed by atoms with van der Waals surface area (Å²) in [5.41, 5.74) is 0. The average Bonchev–Trinajstić information content (AvgIpc) is 2.23. The molecule has 0 aromatic carbocycles. The van der Waals surface area contributed by atoms with E-state index in [0.29, 0.717) is 6.17 Å². The molecule has 4 heteroatoms. The van der Waals surface area contributed by atoms with Gasteiger partial charge in [-0.2, -0.15) is 0 Å². The molecule has 1 aliphatic carbocycles. The molecule has 2 fully saturated rings. The van der Waals surface area contributed by atoms with Crippen LogP contribution in [0.15, 0.2) is 4.99 Å². The van der Waals surface area contributed by atoms with E-state index in [1.54, 1.807) is 0 Å². The summed E-state index contributed by atoms with van der Waals surface area (Å²) < 4.78 is 0. The molecule has 1 unspecified atom stereocenters. The smallest absolute Gasteiger partial charge is 0.195 e. The van der Waals surface area contributed by atoms with Gasteiger partial charge < -0.3 is 10.2 Å². The fraction of sp³-hybridized carbons (Fsp3) is 0.909. The molecule has 0 bridgehead atoms. The summed E-state index contributed by atoms with van der Waals surface area (Å²) in [7, 11) is 0. The molecular formula is C11H20N4. The fourth-order valence-corrected chi connectivity index (χ4v) is 2.58. The van der Waals surface area contributed by atoms with Crippen molar-refractivity contribution in [1.82, 2.24) is 15.5 Å². The molecule has 0 radical (unpaired) electrons. The Hall–Kier alpha value is -0.770. The van der Waals surface area contributed by atoms with E-state index in [0.717, 1.165) is 31.6 Å². The van der Waals surface area contributed by atoms with Gasteiger partial charge in [0.2, 0.25) is 0 Å². The van der Waals surface area contributed by atoms with Crippen molar-refractivity contribution in [3.8, 4) is 0 Å². The molecule has 2 aliphatic heterocycles. The third-order valence-electron chi connectivity index (χ3n) is 3.70. The number of hydrogen-bond donors (Lipinski definition) is 2. The van der Waals surface area contributed by atoms with Crippen molar-refractivity contribution >= 4 is 5.96 Å². The number of guanidine groups is 1. The zero-order chi connectivity index (χ0) is 10.1. The van der Waals surface area contributed by atoms with Crippen molar-refractivity contribution in [3.63, 3.8) is 0 Å². The van der Waals surface area contributed by atoms with Gasteiger partial charge in [0, 0.05) is 25.7 Å². The Bertz CT molecular complexity index is 259. The van der Waals surface area contributed by atoms with Crippen LogP contribution in [0.5, 0.6) is 0 Å². The Morgan fingerprint density at radius 3 is 3.00 bits per heavy atom. The fourth-order valence-electron chi connectivity index (χ4n) is 2.58. The van der Waals surface area contributed by atoms with Gasteiger partial charge >= 0.3 is 0 Å². The summed E-state index contributed by atoms with van der Waals surface area (Å²) in [6.45, 7) is 3.23. The highest BCUT2D eigenvalue weighted by Crippen LogP contribution is 2.21. The van der Waals surface area contributed by atoms with Crippen LogP contribution in [0.2, 0.25) is 0 Å². The highest BCUT2D eigenvalue weighted by Gasteiger charge is 2.30. The van der Waals surface area contributed by atoms with E-state index < -0.39 is 0 Å². The van der Waals surface area contributed by atoms with Crippen molar-refractivity contribution in [2.75, 3.05) is 19.6 Å². The molecule has 15 heavy (non-hydrogen) atoms. The van der Waals surface area contributed by atoms with Gasteiger partial charge in [-0.15, -0.1) is 0 Å². The quantitative estimate of drug-likeness (QED) is 0.694. The van der Waals surface area contributed by atoms with Crippen molar-refractivity contribution in [2.24, 2.45) is 4.99 Å². The number of hydrogen-bond acceptors (Lipinski definition) is 4. The molecule has 1 saturated heterocycles. The van der Waals surface area contributed by atoms with Gasteiger partial charge in [0.15, 0.2) is 5.96 Å². The second-order valence-electron chi connectivity index (χ2n) is 4.78. The zero-order valence-electron chi connectivity index (χ0n) is 9.21. The van der Waals surface area contributed by atoms with Gasteiger partial charge in [-0.1, -0.05) is 6.42 Å². The maximum atomic E-state index is 4.54. The Morgan fingerprint density at radius 2 is 2.20 bits per heavy atom. The minimum Gasteiger partial charge on any atom is -0.356 e. The second-order valence-corrected chi connectivity index (χ2v) is 4.78. The molecule has 1 atom stereocenters. The van der Waals surface area contributed by atoms with E-state index >= 15 is 0 Å². The summed E-state index contributed by atoms with van der Waals surface area (Å²) in [5.74, 6) is 1.13. The summed E-state index contributed by atoms with van der Waals surface area (Å²) in [4.78, 5) is 6.97. The maximum Gasteiger partial charge on any atom is 0.195 e. The van der Waals surface area contributed by atoms with Crippen LogP contribution >= 0.6 is 0 Å². The van der Waals surface area contributed by atoms with E-state index in [2.05, 4.69) is 20.5 Å². The van der Waals surface area contributed by atoms with Crippen molar-refractivity contribution < 1.29 is 0 Å². The van der Waals surface area contributed by atoms with E-state index in [9.17, 15) is 0 Å². The van der Waals surface area contributed by atoms with Crippen LogP contribution in [-0.4, -0.2) is 42.7 Å². The van der Waals surface area contributed by atoms with E-state index in [1.807, 2.05) is 0 Å². The van der Waals surface area contributed by atoms with Crippen LogP contribution in [0.1, 0.15) is 32.1 Å². The molecule has 2 N–H and O–H groups in total. The Balaban J connectivity index is 1.65. The Kier molecular flexibility index (Phi) is 2.52. The maximum absolute atomic E-state index is 4.54. The molecule has 3 aliphatic rings. The average molecular weight is 208 g/mol. The van der Waals surface area contributed by atoms with E-state index in [1.165, 1.54) is 32.1 Å². The molecule has 3 rings (SSSR count). The van der Waals surface area contributed by atoms with E-state index in [-0.39, 0.29) is 0 Å². The zero-order valence-corrected chi connectivity index (χ0v) is 9.21. The third-order valence-corrected chi connectivity index (χ3v) is 3.70. The van der Waals surface area contributed by atoms with Crippen LogP contribution in [0, 0.1) is 0 Å². The molecule has 1 saturated carbocycles. The van der Waals surface area contributed by atoms with Crippen molar-refractivity contribution in [3.05, 3.63) is 0 Å². The first-order valence-corrected chi connectivity index (χ1v) is 6.24. The van der Waals surface area contributed by atoms with Gasteiger partial charge in [-0.05, 0) is 25.7 Å². The molecule has 2 heterocycles. The van der Waals surface area contributed by atoms with Crippen LogP contribution in [0.25, 0.3) is 0 Å². The van der Waals surface area contributed by atoms with Gasteiger partial charge in [-0.25, -0.2) is 0 Å². The highest BCUT2D eigenvalue weighted by molar-refractivity contribution is 5.81. The van der Waals surface area contributed by atoms with Crippen LogP contribution < -0.4 is 10.6 Å². The topological polar surface area (TPSA) is 39.7 Å². The van der Waals surface area contributed by atoms with Crippen LogP contribution in [0.4, 0.5) is 0 Å². The minimum absolute atomic E-state index is 0.538. The Labute approximate surface area is 91.1 Å². The van der Waals surface area contributed by atoms with Crippen LogP contribution in [0.3, 0.4) is 0 Å². The minimum atomic E-state index is 0.538. The lowest BCUT2D eigenvalue weighted by Crippen LogP contribution is -2.62. The summed E-state index contributed by atoms with van der Waals surface area (Å²) in [6, 6.07) is 0.774. The lowest BCUT2D eigenvalue weighted by Gasteiger charge is -2.44. The number of nitrogens with zero attached hydrogens (tertiary/aromatic N) is 2. The summed E-state index contributed by atoms with van der Waals surface area (Å²) >= 11 is 0. The molecule has 0 spiro atoms. The molecule has 0 aromatic rings. The Morgan fingerprint density at radius 1 is 1.27 bits per heavy atom. The van der Waals surface area contributed by atoms with Gasteiger partial charge in [-0.3, -0.25) is 10.3 Å². The first kappa shape index (κ1) is 9.46. The number of aliphatic imine (C=N–C) groups is 1. The first-order chi connectivity index (χ1) is 7.43. The molecule has 4 nitrogen and oxygen atoms in total. The molecule has 84 valence electrons. The highest BCUT2D eigenvalue weighted by atomic mass is 15.4. The van der Waals surface area contributed by atoms with E-state index in [4.69, 9.17) is 0 Å². The monoisotopic (exact) mass is 208 g/mol. The van der Waals surface area contributed by atoms with Crippen molar-refractivity contribution in [2.45, 2.75) is 44.3 Å². The predicted octanol–water partition coefficient (Wildman–Crippen LogP) is 0.510. The normalized spacial score (nSPS) is 31.3. The molecule has 0 aromatic heterocycles. The summed E-state index contributed by atoms with van der Waals surface area (Å²) in [6.07, 6.45) is 7.08. The van der Waals surface area contributed by atoms with Crippen molar-refractivity contribution in [1.29, 1.82) is 0 Å². The lowest BCUT2D eigenvalue weighted by molar-refractivity contribution is 0.168. The molecular weight excluding hydrogens is 188 g/mol. The lowest BCUT2D eigenvalue weighted by atomic mass is 9.92. The number of fused-ring (bicyclic) bond motifs is 1. The van der Waals surface area contributed by atoms with Crippen LogP contribution in [-0.2, 0) is 0 Å². The number of nitrogens with one attached hydrogen (secondary N) is 2. The number of rotatable bonds is 2. The second kappa shape index (κ2) is 4.00. The van der Waals surface area contributed by atoms with Gasteiger partial charge in [0.1, 0.15) is 0 Å².